The number of amides is 2. The molecule has 1 aliphatic heterocycles. The zero-order valence-electron chi connectivity index (χ0n) is 16.5. The van der Waals surface area contributed by atoms with Gasteiger partial charge in [-0.2, -0.15) is 0 Å². The van der Waals surface area contributed by atoms with Crippen molar-refractivity contribution in [3.05, 3.63) is 93.6 Å². The number of carbonyl (C=O) groups is 2. The number of aryl methyl sites for hydroxylation is 2. The summed E-state index contributed by atoms with van der Waals surface area (Å²) in [6.45, 7) is 2.38. The molecule has 4 nitrogen and oxygen atoms in total. The van der Waals surface area contributed by atoms with Gasteiger partial charge in [0, 0.05) is 29.1 Å². The molecular formula is C24H21ClN2O2S. The van der Waals surface area contributed by atoms with Gasteiger partial charge in [-0.15, -0.1) is 0 Å². The highest BCUT2D eigenvalue weighted by Gasteiger charge is 2.34. The lowest BCUT2D eigenvalue weighted by Crippen LogP contribution is -2.29. The van der Waals surface area contributed by atoms with E-state index in [1.165, 1.54) is 10.5 Å². The topological polar surface area (TPSA) is 42.3 Å². The first-order valence-corrected chi connectivity index (χ1v) is 11.0. The lowest BCUT2D eigenvalue weighted by atomic mass is 10.1. The summed E-state index contributed by atoms with van der Waals surface area (Å²) in [5, 5.41) is 0.474. The van der Waals surface area contributed by atoms with Crippen molar-refractivity contribution in [2.24, 2.45) is 0 Å². The maximum Gasteiger partial charge on any atom is 0.293 e. The molecule has 1 aliphatic rings. The van der Waals surface area contributed by atoms with E-state index in [0.717, 1.165) is 41.5 Å². The molecule has 0 atom stereocenters. The Labute approximate surface area is 185 Å². The Morgan fingerprint density at radius 3 is 2.60 bits per heavy atom. The molecule has 0 N–H and O–H groups in total. The molecule has 0 saturated carbocycles. The van der Waals surface area contributed by atoms with Crippen molar-refractivity contribution in [1.29, 1.82) is 0 Å². The second-order valence-electron chi connectivity index (χ2n) is 7.16. The predicted molar refractivity (Wildman–Crippen MR) is 123 cm³/mol. The number of aromatic nitrogens is 1. The average molecular weight is 437 g/mol. The quantitative estimate of drug-likeness (QED) is 0.438. The number of halogens is 1. The number of carbonyl (C=O) groups excluding carboxylic acids is 2. The van der Waals surface area contributed by atoms with Crippen molar-refractivity contribution in [3.8, 4) is 5.69 Å². The van der Waals surface area contributed by atoms with Crippen LogP contribution in [0, 0.1) is 6.92 Å². The standard InChI is InChI=1S/C24H21ClN2O2S/c1-17-11-12-20(15-21(17)25)26-13-6-10-19(26)16-22-23(28)27(24(29)30-22)14-5-9-18-7-3-2-4-8-18/h2-4,6-8,10-13,15-16H,5,9,14H2,1H3/b22-16+. The highest BCUT2D eigenvalue weighted by Crippen LogP contribution is 2.33. The first-order chi connectivity index (χ1) is 14.5. The molecule has 0 bridgehead atoms. The molecule has 0 unspecified atom stereocenters. The molecule has 1 saturated heterocycles. The van der Waals surface area contributed by atoms with Crippen molar-refractivity contribution < 1.29 is 9.59 Å². The molecule has 6 heteroatoms. The molecule has 0 radical (unpaired) electrons. The van der Waals surface area contributed by atoms with E-state index in [0.29, 0.717) is 16.5 Å². The minimum Gasteiger partial charge on any atom is -0.317 e. The smallest absolute Gasteiger partial charge is 0.293 e. The number of benzene rings is 2. The van der Waals surface area contributed by atoms with Gasteiger partial charge in [-0.1, -0.05) is 48.0 Å². The molecule has 4 rings (SSSR count). The Bertz CT molecular complexity index is 1120. The molecule has 0 spiro atoms. The molecule has 2 heterocycles. The van der Waals surface area contributed by atoms with Crippen LogP contribution in [0.1, 0.15) is 23.2 Å². The van der Waals surface area contributed by atoms with Gasteiger partial charge in [-0.3, -0.25) is 14.5 Å². The van der Waals surface area contributed by atoms with E-state index in [1.54, 1.807) is 6.08 Å². The van der Waals surface area contributed by atoms with Crippen molar-refractivity contribution in [2.45, 2.75) is 19.8 Å². The summed E-state index contributed by atoms with van der Waals surface area (Å²) in [6, 6.07) is 19.7. The van der Waals surface area contributed by atoms with E-state index < -0.39 is 0 Å². The molecule has 1 fully saturated rings. The van der Waals surface area contributed by atoms with Crippen LogP contribution in [0.25, 0.3) is 11.8 Å². The summed E-state index contributed by atoms with van der Waals surface area (Å²) in [4.78, 5) is 27.0. The van der Waals surface area contributed by atoms with Gasteiger partial charge in [0.15, 0.2) is 0 Å². The van der Waals surface area contributed by atoms with Crippen LogP contribution in [-0.2, 0) is 11.2 Å². The monoisotopic (exact) mass is 436 g/mol. The first-order valence-electron chi connectivity index (χ1n) is 9.76. The summed E-state index contributed by atoms with van der Waals surface area (Å²) in [7, 11) is 0. The first kappa shape index (κ1) is 20.5. The van der Waals surface area contributed by atoms with Gasteiger partial charge in [0.1, 0.15) is 0 Å². The van der Waals surface area contributed by atoms with Crippen LogP contribution in [0.4, 0.5) is 4.79 Å². The number of imide groups is 1. The van der Waals surface area contributed by atoms with E-state index in [1.807, 2.05) is 66.2 Å². The third-order valence-corrected chi connectivity index (χ3v) is 6.37. The average Bonchev–Trinajstić information content (AvgIpc) is 3.31. The molecule has 2 aromatic carbocycles. The number of rotatable bonds is 6. The number of hydrogen-bond acceptors (Lipinski definition) is 3. The van der Waals surface area contributed by atoms with Gasteiger partial charge in [0.05, 0.1) is 4.91 Å². The van der Waals surface area contributed by atoms with E-state index >= 15 is 0 Å². The summed E-state index contributed by atoms with van der Waals surface area (Å²) in [5.74, 6) is -0.229. The van der Waals surface area contributed by atoms with Gasteiger partial charge >= 0.3 is 0 Å². The fourth-order valence-corrected chi connectivity index (χ4v) is 4.42. The van der Waals surface area contributed by atoms with Crippen LogP contribution >= 0.6 is 23.4 Å². The number of thioether (sulfide) groups is 1. The van der Waals surface area contributed by atoms with E-state index in [2.05, 4.69) is 12.1 Å². The van der Waals surface area contributed by atoms with E-state index in [4.69, 9.17) is 11.6 Å². The Hall–Kier alpha value is -2.76. The lowest BCUT2D eigenvalue weighted by Gasteiger charge is -2.12. The zero-order valence-corrected chi connectivity index (χ0v) is 18.1. The normalized spacial score (nSPS) is 15.4. The van der Waals surface area contributed by atoms with Gasteiger partial charge in [0.2, 0.25) is 0 Å². The van der Waals surface area contributed by atoms with Crippen molar-refractivity contribution in [2.75, 3.05) is 6.54 Å². The van der Waals surface area contributed by atoms with Crippen molar-refractivity contribution in [3.63, 3.8) is 0 Å². The lowest BCUT2D eigenvalue weighted by molar-refractivity contribution is -0.122. The molecule has 152 valence electrons. The van der Waals surface area contributed by atoms with Crippen LogP contribution in [0.15, 0.2) is 71.8 Å². The van der Waals surface area contributed by atoms with Gasteiger partial charge < -0.3 is 4.57 Å². The molecule has 1 aromatic heterocycles. The fraction of sp³-hybridized carbons (Fsp3) is 0.167. The highest BCUT2D eigenvalue weighted by molar-refractivity contribution is 8.18. The SMILES string of the molecule is Cc1ccc(-n2cccc2/C=C2/SC(=O)N(CCCc3ccccc3)C2=O)cc1Cl. The second-order valence-corrected chi connectivity index (χ2v) is 8.56. The third-order valence-electron chi connectivity index (χ3n) is 5.06. The van der Waals surface area contributed by atoms with Gasteiger partial charge in [-0.25, -0.2) is 0 Å². The fourth-order valence-electron chi connectivity index (χ4n) is 3.39. The third kappa shape index (κ3) is 4.37. The van der Waals surface area contributed by atoms with Gasteiger partial charge in [0.25, 0.3) is 11.1 Å². The maximum atomic E-state index is 12.8. The van der Waals surface area contributed by atoms with Crippen LogP contribution in [0.2, 0.25) is 5.02 Å². The highest BCUT2D eigenvalue weighted by atomic mass is 35.5. The molecule has 30 heavy (non-hydrogen) atoms. The molecule has 2 amide bonds. The maximum absolute atomic E-state index is 12.8. The largest absolute Gasteiger partial charge is 0.317 e. The minimum absolute atomic E-state index is 0.212. The van der Waals surface area contributed by atoms with Crippen LogP contribution in [0.3, 0.4) is 0 Å². The Morgan fingerprint density at radius 2 is 1.83 bits per heavy atom. The minimum atomic E-state index is -0.229. The zero-order chi connectivity index (χ0) is 21.1. The van der Waals surface area contributed by atoms with Crippen LogP contribution in [0.5, 0.6) is 0 Å². The van der Waals surface area contributed by atoms with Crippen LogP contribution in [-0.4, -0.2) is 27.2 Å². The summed E-state index contributed by atoms with van der Waals surface area (Å²) in [6.07, 6.45) is 5.26. The Morgan fingerprint density at radius 1 is 1.03 bits per heavy atom. The number of hydrogen-bond donors (Lipinski definition) is 0. The Balaban J connectivity index is 1.49. The molecule has 0 aliphatic carbocycles. The van der Waals surface area contributed by atoms with E-state index in [-0.39, 0.29) is 11.1 Å². The summed E-state index contributed by atoms with van der Waals surface area (Å²) >= 11 is 7.26. The predicted octanol–water partition coefficient (Wildman–Crippen LogP) is 6.11. The number of nitrogens with zero attached hydrogens (tertiary/aromatic N) is 2. The van der Waals surface area contributed by atoms with Crippen molar-refractivity contribution >= 4 is 40.6 Å². The summed E-state index contributed by atoms with van der Waals surface area (Å²) < 4.78 is 1.95. The molecule has 3 aromatic rings. The van der Waals surface area contributed by atoms with E-state index in [9.17, 15) is 9.59 Å². The van der Waals surface area contributed by atoms with Crippen LogP contribution < -0.4 is 0 Å². The second kappa shape index (κ2) is 8.94. The Kier molecular flexibility index (Phi) is 6.11. The molecular weight excluding hydrogens is 416 g/mol. The van der Waals surface area contributed by atoms with Gasteiger partial charge in [-0.05, 0) is 73.0 Å². The summed E-state index contributed by atoms with van der Waals surface area (Å²) in [5.41, 5.74) is 3.94. The van der Waals surface area contributed by atoms with Crippen molar-refractivity contribution in [1.82, 2.24) is 9.47 Å².